The zero-order valence-electron chi connectivity index (χ0n) is 8.34. The zero-order chi connectivity index (χ0) is 12.4. The highest BCUT2D eigenvalue weighted by atomic mass is 127. The number of amides is 1. The molecule has 2 aromatic rings. The second-order valence-electron chi connectivity index (χ2n) is 3.18. The monoisotopic (exact) mass is 409 g/mol. The lowest BCUT2D eigenvalue weighted by atomic mass is 10.3. The molecular formula is C11H6BrFINO2. The van der Waals surface area contributed by atoms with Crippen LogP contribution in [-0.4, -0.2) is 5.91 Å². The number of halogens is 3. The van der Waals surface area contributed by atoms with Crippen LogP contribution >= 0.6 is 38.5 Å². The predicted molar refractivity (Wildman–Crippen MR) is 73.5 cm³/mol. The maximum absolute atomic E-state index is 13.5. The molecule has 0 fully saturated rings. The summed E-state index contributed by atoms with van der Waals surface area (Å²) in [6, 6.07) is 7.65. The molecule has 1 N–H and O–H groups in total. The summed E-state index contributed by atoms with van der Waals surface area (Å²) in [5.41, 5.74) is 0.128. The van der Waals surface area contributed by atoms with Crippen molar-refractivity contribution in [2.75, 3.05) is 5.32 Å². The molecule has 0 aliphatic rings. The van der Waals surface area contributed by atoms with E-state index in [2.05, 4.69) is 21.2 Å². The normalized spacial score (nSPS) is 10.3. The van der Waals surface area contributed by atoms with Gasteiger partial charge in [-0.15, -0.1) is 0 Å². The third kappa shape index (κ3) is 3.06. The summed E-state index contributed by atoms with van der Waals surface area (Å²) in [6.07, 6.45) is 0. The van der Waals surface area contributed by atoms with Crippen molar-refractivity contribution < 1.29 is 13.6 Å². The maximum atomic E-state index is 13.5. The Balaban J connectivity index is 2.18. The molecule has 0 aliphatic carbocycles. The van der Waals surface area contributed by atoms with Crippen molar-refractivity contribution in [1.29, 1.82) is 0 Å². The lowest BCUT2D eigenvalue weighted by Crippen LogP contribution is -2.12. The molecule has 17 heavy (non-hydrogen) atoms. The molecule has 0 saturated heterocycles. The Hall–Kier alpha value is -0.890. The molecule has 6 heteroatoms. The average molecular weight is 410 g/mol. The number of nitrogens with one attached hydrogen (secondary N) is 1. The fraction of sp³-hybridized carbons (Fsp3) is 0. The van der Waals surface area contributed by atoms with Gasteiger partial charge < -0.3 is 9.73 Å². The lowest BCUT2D eigenvalue weighted by molar-refractivity contribution is 0.0995. The standard InChI is InChI=1S/C11H6BrFINO2/c12-10-4-3-9(17-10)11(16)15-8-2-1-6(14)5-7(8)13/h1-5H,(H,15,16). The fourth-order valence-corrected chi connectivity index (χ4v) is 1.97. The second-order valence-corrected chi connectivity index (χ2v) is 5.21. The largest absolute Gasteiger partial charge is 0.444 e. The molecule has 1 aromatic heterocycles. The summed E-state index contributed by atoms with van der Waals surface area (Å²) < 4.78 is 19.7. The third-order valence-corrected chi connectivity index (χ3v) is 3.07. The molecule has 0 unspecified atom stereocenters. The minimum absolute atomic E-state index is 0.120. The lowest BCUT2D eigenvalue weighted by Gasteiger charge is -2.04. The van der Waals surface area contributed by atoms with E-state index < -0.39 is 11.7 Å². The van der Waals surface area contributed by atoms with Crippen LogP contribution in [0.4, 0.5) is 10.1 Å². The summed E-state index contributed by atoms with van der Waals surface area (Å²) in [5.74, 6) is -0.846. The summed E-state index contributed by atoms with van der Waals surface area (Å²) >= 11 is 5.08. The molecule has 0 bridgehead atoms. The number of hydrogen-bond donors (Lipinski definition) is 1. The Morgan fingerprint density at radius 2 is 2.12 bits per heavy atom. The topological polar surface area (TPSA) is 42.2 Å². The van der Waals surface area contributed by atoms with Gasteiger partial charge in [0.05, 0.1) is 5.69 Å². The van der Waals surface area contributed by atoms with E-state index in [9.17, 15) is 9.18 Å². The van der Waals surface area contributed by atoms with Gasteiger partial charge in [-0.2, -0.15) is 0 Å². The van der Waals surface area contributed by atoms with Crippen LogP contribution in [-0.2, 0) is 0 Å². The van der Waals surface area contributed by atoms with Gasteiger partial charge in [-0.25, -0.2) is 4.39 Å². The van der Waals surface area contributed by atoms with Crippen LogP contribution in [0.25, 0.3) is 0 Å². The molecule has 3 nitrogen and oxygen atoms in total. The predicted octanol–water partition coefficient (Wildman–Crippen LogP) is 4.04. The molecule has 2 rings (SSSR count). The smallest absolute Gasteiger partial charge is 0.291 e. The van der Waals surface area contributed by atoms with Crippen LogP contribution < -0.4 is 5.32 Å². The first kappa shape index (κ1) is 12.6. The van der Waals surface area contributed by atoms with E-state index in [4.69, 9.17) is 4.42 Å². The Bertz CT molecular complexity index is 570. The molecule has 0 atom stereocenters. The van der Waals surface area contributed by atoms with E-state index >= 15 is 0 Å². The quantitative estimate of drug-likeness (QED) is 0.760. The van der Waals surface area contributed by atoms with Crippen LogP contribution in [0.15, 0.2) is 39.4 Å². The van der Waals surface area contributed by atoms with Crippen molar-refractivity contribution in [2.45, 2.75) is 0 Å². The van der Waals surface area contributed by atoms with Gasteiger partial charge in [0, 0.05) is 3.57 Å². The molecule has 88 valence electrons. The van der Waals surface area contributed by atoms with Gasteiger partial charge in [-0.1, -0.05) is 0 Å². The van der Waals surface area contributed by atoms with Gasteiger partial charge >= 0.3 is 0 Å². The highest BCUT2D eigenvalue weighted by Crippen LogP contribution is 2.19. The van der Waals surface area contributed by atoms with Crippen LogP contribution in [0, 0.1) is 9.39 Å². The first-order chi connectivity index (χ1) is 8.06. The Morgan fingerprint density at radius 1 is 1.35 bits per heavy atom. The van der Waals surface area contributed by atoms with Crippen LogP contribution in [0.3, 0.4) is 0 Å². The van der Waals surface area contributed by atoms with E-state index in [1.807, 2.05) is 22.6 Å². The zero-order valence-corrected chi connectivity index (χ0v) is 12.1. The molecule has 1 amide bonds. The van der Waals surface area contributed by atoms with Gasteiger partial charge in [0.1, 0.15) is 5.82 Å². The molecular weight excluding hydrogens is 404 g/mol. The van der Waals surface area contributed by atoms with Gasteiger partial charge in [-0.05, 0) is 68.9 Å². The average Bonchev–Trinajstić information content (AvgIpc) is 2.69. The Kier molecular flexibility index (Phi) is 3.82. The van der Waals surface area contributed by atoms with E-state index in [1.165, 1.54) is 18.2 Å². The van der Waals surface area contributed by atoms with Crippen LogP contribution in [0.5, 0.6) is 0 Å². The van der Waals surface area contributed by atoms with Gasteiger partial charge in [0.2, 0.25) is 0 Å². The van der Waals surface area contributed by atoms with Crippen molar-refractivity contribution in [1.82, 2.24) is 0 Å². The highest BCUT2D eigenvalue weighted by Gasteiger charge is 2.12. The molecule has 1 aromatic carbocycles. The summed E-state index contributed by atoms with van der Waals surface area (Å²) in [7, 11) is 0. The number of anilines is 1. The number of carbonyl (C=O) groups excluding carboxylic acids is 1. The van der Waals surface area contributed by atoms with Crippen LogP contribution in [0.1, 0.15) is 10.6 Å². The number of rotatable bonds is 2. The Labute approximate surface area is 119 Å². The molecule has 1 heterocycles. The van der Waals surface area contributed by atoms with Crippen molar-refractivity contribution in [3.8, 4) is 0 Å². The summed E-state index contributed by atoms with van der Waals surface area (Å²) in [4.78, 5) is 11.7. The van der Waals surface area contributed by atoms with E-state index in [-0.39, 0.29) is 11.4 Å². The number of benzene rings is 1. The SMILES string of the molecule is O=C(Nc1ccc(I)cc1F)c1ccc(Br)o1. The molecule has 0 saturated carbocycles. The number of carbonyl (C=O) groups is 1. The summed E-state index contributed by atoms with van der Waals surface area (Å²) in [5, 5.41) is 2.44. The maximum Gasteiger partial charge on any atom is 0.291 e. The van der Waals surface area contributed by atoms with Crippen LogP contribution in [0.2, 0.25) is 0 Å². The fourth-order valence-electron chi connectivity index (χ4n) is 1.21. The van der Waals surface area contributed by atoms with Crippen molar-refractivity contribution in [3.63, 3.8) is 0 Å². The Morgan fingerprint density at radius 3 is 2.71 bits per heavy atom. The third-order valence-electron chi connectivity index (χ3n) is 1.98. The number of hydrogen-bond acceptors (Lipinski definition) is 2. The van der Waals surface area contributed by atoms with Gasteiger partial charge in [0.15, 0.2) is 10.4 Å². The van der Waals surface area contributed by atoms with Crippen molar-refractivity contribution in [2.24, 2.45) is 0 Å². The minimum atomic E-state index is -0.490. The van der Waals surface area contributed by atoms with Gasteiger partial charge in [-0.3, -0.25) is 4.79 Å². The molecule has 0 radical (unpaired) electrons. The summed E-state index contributed by atoms with van der Waals surface area (Å²) in [6.45, 7) is 0. The first-order valence-electron chi connectivity index (χ1n) is 4.58. The number of furan rings is 1. The minimum Gasteiger partial charge on any atom is -0.444 e. The van der Waals surface area contributed by atoms with E-state index in [0.29, 0.717) is 4.67 Å². The first-order valence-corrected chi connectivity index (χ1v) is 6.45. The van der Waals surface area contributed by atoms with E-state index in [1.54, 1.807) is 12.1 Å². The van der Waals surface area contributed by atoms with Crippen molar-refractivity contribution >= 4 is 50.1 Å². The van der Waals surface area contributed by atoms with Crippen molar-refractivity contribution in [3.05, 3.63) is 50.1 Å². The second kappa shape index (κ2) is 5.18. The highest BCUT2D eigenvalue weighted by molar-refractivity contribution is 14.1. The van der Waals surface area contributed by atoms with E-state index in [0.717, 1.165) is 3.57 Å². The van der Waals surface area contributed by atoms with Gasteiger partial charge in [0.25, 0.3) is 5.91 Å². The molecule has 0 spiro atoms. The molecule has 0 aliphatic heterocycles.